The molecule has 2 aromatic carbocycles. The summed E-state index contributed by atoms with van der Waals surface area (Å²) < 4.78 is 73.0. The molecule has 0 aliphatic carbocycles. The van der Waals surface area contributed by atoms with Gasteiger partial charge >= 0.3 is 0 Å². The number of hydrogen-bond acceptors (Lipinski definition) is 1. The molecule has 0 N–H and O–H groups in total. The SMILES string of the molecule is C=C(C)COC(CS(F)(F)(F)(F)F)(c1ccccc1)c1ccccc1. The highest BCUT2D eigenvalue weighted by Gasteiger charge is 2.68. The van der Waals surface area contributed by atoms with Crippen LogP contribution in [0, 0.1) is 0 Å². The van der Waals surface area contributed by atoms with Gasteiger partial charge in [-0.2, -0.15) is 0 Å². The van der Waals surface area contributed by atoms with E-state index < -0.39 is 21.6 Å². The Hall–Kier alpha value is -1.86. The van der Waals surface area contributed by atoms with Gasteiger partial charge in [-0.15, -0.1) is 0 Å². The van der Waals surface area contributed by atoms with Crippen LogP contribution in [0.3, 0.4) is 0 Å². The molecule has 0 saturated carbocycles. The van der Waals surface area contributed by atoms with Gasteiger partial charge in [0.25, 0.3) is 10.2 Å². The van der Waals surface area contributed by atoms with Gasteiger partial charge < -0.3 is 4.74 Å². The van der Waals surface area contributed by atoms with Crippen LogP contribution in [-0.4, -0.2) is 12.4 Å². The summed E-state index contributed by atoms with van der Waals surface area (Å²) in [6, 6.07) is 14.6. The quantitative estimate of drug-likeness (QED) is 0.379. The first-order valence-corrected chi connectivity index (χ1v) is 9.56. The van der Waals surface area contributed by atoms with Crippen LogP contribution in [-0.2, 0) is 10.3 Å². The van der Waals surface area contributed by atoms with E-state index in [4.69, 9.17) is 4.74 Å². The third kappa shape index (κ3) is 5.57. The van der Waals surface area contributed by atoms with Crippen molar-refractivity contribution in [3.8, 4) is 0 Å². The monoisotopic (exact) mass is 378 g/mol. The molecule has 0 heterocycles. The zero-order valence-corrected chi connectivity index (χ0v) is 14.4. The molecule has 2 rings (SSSR count). The highest BCUT2D eigenvalue weighted by Crippen LogP contribution is 2.98. The largest absolute Gasteiger partial charge is 0.360 e. The minimum absolute atomic E-state index is 0.00991. The molecule has 7 heteroatoms. The Balaban J connectivity index is 2.72. The Kier molecular flexibility index (Phi) is 4.55. The van der Waals surface area contributed by atoms with E-state index in [1.54, 1.807) is 19.1 Å². The molecule has 25 heavy (non-hydrogen) atoms. The maximum absolute atomic E-state index is 13.5. The van der Waals surface area contributed by atoms with Crippen molar-refractivity contribution in [2.75, 3.05) is 12.4 Å². The fourth-order valence-corrected chi connectivity index (χ4v) is 3.77. The molecule has 0 spiro atoms. The summed E-state index contributed by atoms with van der Waals surface area (Å²) in [7, 11) is -9.81. The molecule has 0 aliphatic heterocycles. The van der Waals surface area contributed by atoms with Crippen LogP contribution in [0.4, 0.5) is 19.4 Å². The number of ether oxygens (including phenoxy) is 1. The number of halogens is 5. The lowest BCUT2D eigenvalue weighted by Gasteiger charge is -2.48. The Morgan fingerprint density at radius 3 is 1.60 bits per heavy atom. The molecule has 0 aromatic heterocycles. The molecule has 0 aliphatic rings. The average Bonchev–Trinajstić information content (AvgIpc) is 2.51. The van der Waals surface area contributed by atoms with Crippen LogP contribution >= 0.6 is 10.2 Å². The van der Waals surface area contributed by atoms with Crippen LogP contribution in [0.25, 0.3) is 0 Å². The lowest BCUT2D eigenvalue weighted by Crippen LogP contribution is -2.40. The predicted octanol–water partition coefficient (Wildman–Crippen LogP) is 6.82. The molecule has 0 atom stereocenters. The van der Waals surface area contributed by atoms with E-state index in [2.05, 4.69) is 6.58 Å². The Bertz CT molecular complexity index is 702. The summed E-state index contributed by atoms with van der Waals surface area (Å²) in [5.74, 6) is -2.38. The van der Waals surface area contributed by atoms with E-state index >= 15 is 0 Å². The van der Waals surface area contributed by atoms with Crippen LogP contribution in [0.1, 0.15) is 18.1 Å². The summed E-state index contributed by atoms with van der Waals surface area (Å²) in [5.41, 5.74) is -1.91. The standard InChI is InChI=1S/C18H19F5OS/c1-15(2)13-24-18(14-25(19,20,21,22)23,16-9-5-3-6-10-16)17-11-7-4-8-12-17/h3-12H,1,13-14H2,2H3. The predicted molar refractivity (Wildman–Crippen MR) is 92.4 cm³/mol. The average molecular weight is 378 g/mol. The van der Waals surface area contributed by atoms with Gasteiger partial charge in [-0.3, -0.25) is 0 Å². The van der Waals surface area contributed by atoms with E-state index in [1.807, 2.05) is 0 Å². The zero-order chi connectivity index (χ0) is 18.8. The third-order valence-electron chi connectivity index (χ3n) is 3.52. The number of hydrogen-bond donors (Lipinski definition) is 0. The molecule has 0 bridgehead atoms. The summed E-state index contributed by atoms with van der Waals surface area (Å²) >= 11 is 0. The normalized spacial score (nSPS) is 15.3. The summed E-state index contributed by atoms with van der Waals surface area (Å²) in [6.45, 7) is 4.87. The fraction of sp³-hybridized carbons (Fsp3) is 0.222. The molecule has 0 unspecified atom stereocenters. The fourth-order valence-electron chi connectivity index (χ4n) is 2.59. The molecule has 1 nitrogen and oxygen atoms in total. The van der Waals surface area contributed by atoms with Crippen LogP contribution in [0.5, 0.6) is 0 Å². The van der Waals surface area contributed by atoms with E-state index in [9.17, 15) is 19.4 Å². The van der Waals surface area contributed by atoms with Crippen LogP contribution in [0.2, 0.25) is 0 Å². The third-order valence-corrected chi connectivity index (χ3v) is 4.47. The topological polar surface area (TPSA) is 9.23 Å². The smallest absolute Gasteiger partial charge is 0.289 e. The summed E-state index contributed by atoms with van der Waals surface area (Å²) in [5, 5.41) is 0. The molecule has 138 valence electrons. The Labute approximate surface area is 143 Å². The zero-order valence-electron chi connectivity index (χ0n) is 13.6. The molecular weight excluding hydrogens is 359 g/mol. The van der Waals surface area contributed by atoms with Gasteiger partial charge in [0.2, 0.25) is 0 Å². The minimum Gasteiger partial charge on any atom is -0.360 e. The molecular formula is C18H19F5OS. The van der Waals surface area contributed by atoms with Crippen LogP contribution in [0.15, 0.2) is 72.8 Å². The van der Waals surface area contributed by atoms with E-state index in [1.165, 1.54) is 48.5 Å². The molecule has 0 amide bonds. The molecule has 0 fully saturated rings. The van der Waals surface area contributed by atoms with Gasteiger partial charge in [0.05, 0.1) is 6.61 Å². The van der Waals surface area contributed by atoms with Gasteiger partial charge in [0, 0.05) is 0 Å². The lowest BCUT2D eigenvalue weighted by molar-refractivity contribution is 0.00727. The second kappa shape index (κ2) is 5.85. The number of benzene rings is 2. The summed E-state index contributed by atoms with van der Waals surface area (Å²) in [6.07, 6.45) is 0. The minimum atomic E-state index is -9.81. The van der Waals surface area contributed by atoms with Crippen molar-refractivity contribution in [2.45, 2.75) is 12.5 Å². The van der Waals surface area contributed by atoms with Gasteiger partial charge in [-0.1, -0.05) is 92.2 Å². The van der Waals surface area contributed by atoms with Gasteiger partial charge in [0.15, 0.2) is 0 Å². The lowest BCUT2D eigenvalue weighted by atomic mass is 9.87. The first kappa shape index (κ1) is 19.5. The highest BCUT2D eigenvalue weighted by atomic mass is 32.5. The van der Waals surface area contributed by atoms with E-state index in [0.717, 1.165) is 0 Å². The van der Waals surface area contributed by atoms with Crippen molar-refractivity contribution in [1.82, 2.24) is 0 Å². The Morgan fingerprint density at radius 1 is 0.880 bits per heavy atom. The van der Waals surface area contributed by atoms with Crippen molar-refractivity contribution in [3.63, 3.8) is 0 Å². The second-order valence-electron chi connectivity index (χ2n) is 6.08. The molecule has 0 radical (unpaired) electrons. The highest BCUT2D eigenvalue weighted by molar-refractivity contribution is 8.45. The van der Waals surface area contributed by atoms with Crippen molar-refractivity contribution in [3.05, 3.63) is 83.9 Å². The molecule has 2 aromatic rings. The van der Waals surface area contributed by atoms with Gasteiger partial charge in [0.1, 0.15) is 11.4 Å². The second-order valence-corrected chi connectivity index (χ2v) is 8.62. The van der Waals surface area contributed by atoms with Crippen molar-refractivity contribution < 1.29 is 24.2 Å². The van der Waals surface area contributed by atoms with Gasteiger partial charge in [-0.25, -0.2) is 0 Å². The first-order chi connectivity index (χ1) is 11.3. The van der Waals surface area contributed by atoms with Crippen LogP contribution < -0.4 is 0 Å². The number of rotatable bonds is 7. The van der Waals surface area contributed by atoms with Crippen molar-refractivity contribution >= 4 is 10.2 Å². The molecule has 0 saturated heterocycles. The van der Waals surface area contributed by atoms with Gasteiger partial charge in [-0.05, 0) is 18.1 Å². The summed E-state index contributed by atoms with van der Waals surface area (Å²) in [4.78, 5) is 0. The maximum Gasteiger partial charge on any atom is 0.289 e. The van der Waals surface area contributed by atoms with E-state index in [-0.39, 0.29) is 17.7 Å². The van der Waals surface area contributed by atoms with Crippen molar-refractivity contribution in [2.24, 2.45) is 0 Å². The Morgan fingerprint density at radius 2 is 1.28 bits per heavy atom. The first-order valence-electron chi connectivity index (χ1n) is 7.44. The van der Waals surface area contributed by atoms with Crippen molar-refractivity contribution in [1.29, 1.82) is 0 Å². The maximum atomic E-state index is 13.5. The van der Waals surface area contributed by atoms with E-state index in [0.29, 0.717) is 5.57 Å².